The van der Waals surface area contributed by atoms with E-state index in [1.54, 1.807) is 36.2 Å². The molecule has 4 nitrogen and oxygen atoms in total. The van der Waals surface area contributed by atoms with E-state index in [1.165, 1.54) is 11.8 Å². The Bertz CT molecular complexity index is 1090. The second-order valence-corrected chi connectivity index (χ2v) is 9.63. The van der Waals surface area contributed by atoms with E-state index in [2.05, 4.69) is 5.32 Å². The van der Waals surface area contributed by atoms with Crippen molar-refractivity contribution in [2.75, 3.05) is 12.8 Å². The van der Waals surface area contributed by atoms with Gasteiger partial charge in [0, 0.05) is 29.9 Å². The standard InChI is InChI=1S/C25H23Cl3N2O2S/c1-29-25(32)23(14-17-5-3-2-4-6-17)30(15-18-7-12-21(27)22(28)13-18)24(31)16-33-20-10-8-19(26)9-11-20/h2-13,23H,14-16H2,1H3,(H,29,32)/t23-/m0/s1. The summed E-state index contributed by atoms with van der Waals surface area (Å²) in [4.78, 5) is 28.9. The van der Waals surface area contributed by atoms with E-state index < -0.39 is 6.04 Å². The predicted octanol–water partition coefficient (Wildman–Crippen LogP) is 6.13. The molecule has 33 heavy (non-hydrogen) atoms. The first-order chi connectivity index (χ1) is 15.9. The Morgan fingerprint density at radius 2 is 1.61 bits per heavy atom. The van der Waals surface area contributed by atoms with Crippen LogP contribution in [0.5, 0.6) is 0 Å². The van der Waals surface area contributed by atoms with Crippen LogP contribution in [-0.4, -0.2) is 35.6 Å². The molecule has 1 atom stereocenters. The van der Waals surface area contributed by atoms with Crippen molar-refractivity contribution in [1.29, 1.82) is 0 Å². The number of halogens is 3. The van der Waals surface area contributed by atoms with Crippen molar-refractivity contribution in [2.24, 2.45) is 0 Å². The minimum absolute atomic E-state index is 0.162. The summed E-state index contributed by atoms with van der Waals surface area (Å²) < 4.78 is 0. The summed E-state index contributed by atoms with van der Waals surface area (Å²) in [6.07, 6.45) is 0.388. The quantitative estimate of drug-likeness (QED) is 0.345. The lowest BCUT2D eigenvalue weighted by molar-refractivity contribution is -0.139. The molecule has 0 aliphatic carbocycles. The zero-order valence-corrected chi connectivity index (χ0v) is 21.0. The number of nitrogens with one attached hydrogen (secondary N) is 1. The number of likely N-dealkylation sites (N-methyl/N-ethyl adjacent to an activating group) is 1. The van der Waals surface area contributed by atoms with Gasteiger partial charge < -0.3 is 10.2 Å². The molecule has 0 saturated carbocycles. The number of rotatable bonds is 9. The summed E-state index contributed by atoms with van der Waals surface area (Å²) in [7, 11) is 1.57. The monoisotopic (exact) mass is 520 g/mol. The fourth-order valence-electron chi connectivity index (χ4n) is 3.31. The largest absolute Gasteiger partial charge is 0.357 e. The van der Waals surface area contributed by atoms with Gasteiger partial charge in [0.05, 0.1) is 15.8 Å². The van der Waals surface area contributed by atoms with Crippen molar-refractivity contribution in [3.8, 4) is 0 Å². The number of carbonyl (C=O) groups is 2. The normalized spacial score (nSPS) is 11.6. The zero-order valence-electron chi connectivity index (χ0n) is 17.9. The maximum absolute atomic E-state index is 13.4. The molecule has 172 valence electrons. The van der Waals surface area contributed by atoms with Gasteiger partial charge in [0.15, 0.2) is 0 Å². The number of benzene rings is 3. The van der Waals surface area contributed by atoms with E-state index in [0.29, 0.717) is 21.5 Å². The highest BCUT2D eigenvalue weighted by Gasteiger charge is 2.29. The van der Waals surface area contributed by atoms with Gasteiger partial charge in [-0.1, -0.05) is 71.2 Å². The first-order valence-corrected chi connectivity index (χ1v) is 12.4. The lowest BCUT2D eigenvalue weighted by Crippen LogP contribution is -2.50. The molecular formula is C25H23Cl3N2O2S. The first-order valence-electron chi connectivity index (χ1n) is 10.2. The molecule has 0 radical (unpaired) electrons. The molecule has 3 aromatic rings. The van der Waals surface area contributed by atoms with E-state index in [9.17, 15) is 9.59 Å². The van der Waals surface area contributed by atoms with Gasteiger partial charge in [0.2, 0.25) is 11.8 Å². The summed E-state index contributed by atoms with van der Waals surface area (Å²) in [6.45, 7) is 0.224. The van der Waals surface area contributed by atoms with Crippen LogP contribution in [0.1, 0.15) is 11.1 Å². The fourth-order valence-corrected chi connectivity index (χ4v) is 4.55. The van der Waals surface area contributed by atoms with Gasteiger partial charge in [-0.05, 0) is 47.5 Å². The van der Waals surface area contributed by atoms with Gasteiger partial charge in [0.25, 0.3) is 0 Å². The molecular weight excluding hydrogens is 499 g/mol. The van der Waals surface area contributed by atoms with Crippen molar-refractivity contribution in [3.63, 3.8) is 0 Å². The van der Waals surface area contributed by atoms with Crippen molar-refractivity contribution in [3.05, 3.63) is 99.0 Å². The van der Waals surface area contributed by atoms with Crippen LogP contribution in [0.2, 0.25) is 15.1 Å². The third kappa shape index (κ3) is 7.41. The number of hydrogen-bond donors (Lipinski definition) is 1. The smallest absolute Gasteiger partial charge is 0.242 e. The van der Waals surface area contributed by atoms with Crippen LogP contribution >= 0.6 is 46.6 Å². The van der Waals surface area contributed by atoms with E-state index in [1.807, 2.05) is 48.5 Å². The second kappa shape index (κ2) is 12.3. The fraction of sp³-hybridized carbons (Fsp3) is 0.200. The van der Waals surface area contributed by atoms with Gasteiger partial charge >= 0.3 is 0 Å². The van der Waals surface area contributed by atoms with Crippen LogP contribution in [0.4, 0.5) is 0 Å². The van der Waals surface area contributed by atoms with Crippen LogP contribution in [0.3, 0.4) is 0 Å². The molecule has 3 rings (SSSR count). The average molecular weight is 522 g/mol. The lowest BCUT2D eigenvalue weighted by atomic mass is 10.0. The third-order valence-corrected chi connectivity index (χ3v) is 7.02. The van der Waals surface area contributed by atoms with Crippen LogP contribution in [0.15, 0.2) is 77.7 Å². The number of hydrogen-bond acceptors (Lipinski definition) is 3. The van der Waals surface area contributed by atoms with E-state index in [4.69, 9.17) is 34.8 Å². The topological polar surface area (TPSA) is 49.4 Å². The Morgan fingerprint density at radius 3 is 2.24 bits per heavy atom. The number of carbonyl (C=O) groups excluding carboxylic acids is 2. The maximum Gasteiger partial charge on any atom is 0.242 e. The summed E-state index contributed by atoms with van der Waals surface area (Å²) >= 11 is 19.6. The van der Waals surface area contributed by atoms with Crippen molar-refractivity contribution >= 4 is 58.4 Å². The molecule has 0 fully saturated rings. The van der Waals surface area contributed by atoms with E-state index >= 15 is 0 Å². The van der Waals surface area contributed by atoms with Gasteiger partial charge in [-0.25, -0.2) is 0 Å². The molecule has 0 aromatic heterocycles. The Morgan fingerprint density at radius 1 is 0.909 bits per heavy atom. The van der Waals surface area contributed by atoms with Gasteiger partial charge in [-0.15, -0.1) is 11.8 Å². The summed E-state index contributed by atoms with van der Waals surface area (Å²) in [5.41, 5.74) is 1.75. The Hall–Kier alpha value is -2.18. The highest BCUT2D eigenvalue weighted by Crippen LogP contribution is 2.26. The molecule has 0 unspecified atom stereocenters. The third-order valence-electron chi connectivity index (χ3n) is 5.03. The van der Waals surface area contributed by atoms with Gasteiger partial charge in [-0.3, -0.25) is 9.59 Å². The highest BCUT2D eigenvalue weighted by atomic mass is 35.5. The predicted molar refractivity (Wildman–Crippen MR) is 137 cm³/mol. The number of thioether (sulfide) groups is 1. The van der Waals surface area contributed by atoms with Gasteiger partial charge in [0.1, 0.15) is 6.04 Å². The number of nitrogens with zero attached hydrogens (tertiary/aromatic N) is 1. The molecule has 0 saturated heterocycles. The zero-order chi connectivity index (χ0) is 23.8. The molecule has 1 N–H and O–H groups in total. The molecule has 2 amide bonds. The van der Waals surface area contributed by atoms with Crippen LogP contribution < -0.4 is 5.32 Å². The second-order valence-electron chi connectivity index (χ2n) is 7.33. The molecule has 0 bridgehead atoms. The lowest BCUT2D eigenvalue weighted by Gasteiger charge is -2.31. The molecule has 0 aliphatic rings. The van der Waals surface area contributed by atoms with Crippen molar-refractivity contribution < 1.29 is 9.59 Å². The SMILES string of the molecule is CNC(=O)[C@H](Cc1ccccc1)N(Cc1ccc(Cl)c(Cl)c1)C(=O)CSc1ccc(Cl)cc1. The van der Waals surface area contributed by atoms with Crippen molar-refractivity contribution in [1.82, 2.24) is 10.2 Å². The molecule has 0 spiro atoms. The summed E-state index contributed by atoms with van der Waals surface area (Å²) in [5.74, 6) is -0.222. The van der Waals surface area contributed by atoms with Crippen molar-refractivity contribution in [2.45, 2.75) is 23.9 Å². The highest BCUT2D eigenvalue weighted by molar-refractivity contribution is 8.00. The van der Waals surface area contributed by atoms with Gasteiger partial charge in [-0.2, -0.15) is 0 Å². The molecule has 8 heteroatoms. The first kappa shape index (κ1) is 25.4. The maximum atomic E-state index is 13.4. The van der Waals surface area contributed by atoms with Crippen LogP contribution in [-0.2, 0) is 22.6 Å². The Kier molecular flexibility index (Phi) is 9.51. The molecule has 0 aliphatic heterocycles. The van der Waals surface area contributed by atoms with E-state index in [0.717, 1.165) is 16.0 Å². The summed E-state index contributed by atoms with van der Waals surface area (Å²) in [6, 6.07) is 21.5. The molecule has 3 aromatic carbocycles. The van der Waals surface area contributed by atoms with E-state index in [-0.39, 0.29) is 24.1 Å². The van der Waals surface area contributed by atoms with Crippen LogP contribution in [0, 0.1) is 0 Å². The molecule has 0 heterocycles. The minimum Gasteiger partial charge on any atom is -0.357 e. The Labute approximate surface area is 213 Å². The summed E-state index contributed by atoms with van der Waals surface area (Å²) in [5, 5.41) is 4.17. The minimum atomic E-state index is -0.690. The average Bonchev–Trinajstić information content (AvgIpc) is 2.83. The van der Waals surface area contributed by atoms with Crippen LogP contribution in [0.25, 0.3) is 0 Å². The number of amides is 2. The Balaban J connectivity index is 1.88.